The van der Waals surface area contributed by atoms with Crippen LogP contribution in [0, 0.1) is 0 Å². The summed E-state index contributed by atoms with van der Waals surface area (Å²) in [7, 11) is 0. The first-order valence-corrected chi connectivity index (χ1v) is 17.3. The van der Waals surface area contributed by atoms with Crippen LogP contribution in [0.3, 0.4) is 0 Å². The monoisotopic (exact) mass is 668 g/mol. The molecule has 0 bridgehead atoms. The number of hydrogen-bond acceptors (Lipinski definition) is 3. The predicted molar refractivity (Wildman–Crippen MR) is 208 cm³/mol. The lowest BCUT2D eigenvalue weighted by molar-refractivity contribution is 0.353. The first-order chi connectivity index (χ1) is 29.4. The van der Waals surface area contributed by atoms with Crippen molar-refractivity contribution >= 4 is 0 Å². The third kappa shape index (κ3) is 4.68. The van der Waals surface area contributed by atoms with Gasteiger partial charge >= 0.3 is 0 Å². The van der Waals surface area contributed by atoms with E-state index in [4.69, 9.17) is 20.4 Å². The molecular formula is C48H39N3. The molecule has 3 nitrogen and oxygen atoms in total. The molecule has 0 N–H and O–H groups in total. The topological polar surface area (TPSA) is 38.7 Å². The van der Waals surface area contributed by atoms with Gasteiger partial charge in [0.25, 0.3) is 0 Å². The molecule has 3 aliphatic carbocycles. The molecule has 1 saturated carbocycles. The van der Waals surface area contributed by atoms with Gasteiger partial charge in [0, 0.05) is 33.0 Å². The lowest BCUT2D eigenvalue weighted by Gasteiger charge is -2.36. The lowest BCUT2D eigenvalue weighted by Crippen LogP contribution is -2.28. The van der Waals surface area contributed by atoms with Crippen molar-refractivity contribution in [2.24, 2.45) is 0 Å². The average Bonchev–Trinajstić information content (AvgIpc) is 3.72. The highest BCUT2D eigenvalue weighted by atomic mass is 15.0. The van der Waals surface area contributed by atoms with Crippen LogP contribution in [0.1, 0.15) is 83.2 Å². The van der Waals surface area contributed by atoms with Crippen LogP contribution in [0.4, 0.5) is 0 Å². The SMILES string of the molecule is [2H]c1c([2H])c([2H])c2c(c1[2H])-c1c([2H])c([2H])c(-c3ccc4c(c3)C(C)(C)c3cc(-c5nc(-c6ccccc6)nc(-c6ccccc6)n5)ccc3-4)c([2H])c1C21C([2H])([2H])CCCC1([2H])[2H]. The van der Waals surface area contributed by atoms with Crippen LogP contribution in [0.2, 0.25) is 0 Å². The zero-order chi connectivity index (χ0) is 43.8. The van der Waals surface area contributed by atoms with Crippen LogP contribution in [0.5, 0.6) is 0 Å². The van der Waals surface area contributed by atoms with Crippen LogP contribution in [0.25, 0.3) is 67.5 Å². The second-order valence-electron chi connectivity index (χ2n) is 13.9. The van der Waals surface area contributed by atoms with E-state index < -0.39 is 53.8 Å². The zero-order valence-electron chi connectivity index (χ0n) is 39.2. The minimum Gasteiger partial charge on any atom is -0.208 e. The average molecular weight is 669 g/mol. The molecule has 51 heavy (non-hydrogen) atoms. The molecule has 1 fully saturated rings. The summed E-state index contributed by atoms with van der Waals surface area (Å²) in [5, 5.41) is 0. The fraction of sp³-hybridized carbons (Fsp3) is 0.188. The molecule has 1 aromatic heterocycles. The molecule has 10 rings (SSSR count). The molecule has 6 aromatic carbocycles. The maximum Gasteiger partial charge on any atom is 0.164 e. The molecule has 0 atom stereocenters. The van der Waals surface area contributed by atoms with Gasteiger partial charge in [0.15, 0.2) is 17.5 Å². The van der Waals surface area contributed by atoms with Gasteiger partial charge in [0.2, 0.25) is 0 Å². The second-order valence-corrected chi connectivity index (χ2v) is 13.9. The fourth-order valence-corrected chi connectivity index (χ4v) is 7.95. The maximum absolute atomic E-state index is 9.88. The number of rotatable bonds is 4. The summed E-state index contributed by atoms with van der Waals surface area (Å²) in [6.07, 6.45) is -4.91. The van der Waals surface area contributed by atoms with Gasteiger partial charge in [-0.1, -0.05) is 154 Å². The summed E-state index contributed by atoms with van der Waals surface area (Å²) >= 11 is 0. The van der Waals surface area contributed by atoms with Gasteiger partial charge < -0.3 is 0 Å². The standard InChI is InChI=1S/C48H39N3/c1-47(2)41-28-33(34-21-24-39-36-18-10-11-19-40(36)48(43(39)29-34)26-12-5-13-27-48)20-23-37(41)38-25-22-35(30-42(38)47)46-50-44(31-14-6-3-7-15-31)49-45(51-46)32-16-8-4-9-17-32/h3-4,6-11,14-25,28-30H,5,12-13,26-27H2,1-2H3/i10D,11D,18D,19D,21D,24D,26D2,27D2,29D. The highest BCUT2D eigenvalue weighted by molar-refractivity contribution is 5.87. The number of benzene rings is 6. The Balaban J connectivity index is 1.14. The number of fused-ring (bicyclic) bond motifs is 8. The molecule has 246 valence electrons. The molecule has 0 amide bonds. The van der Waals surface area contributed by atoms with E-state index in [0.29, 0.717) is 23.0 Å². The fourth-order valence-electron chi connectivity index (χ4n) is 7.95. The van der Waals surface area contributed by atoms with Crippen LogP contribution in [0.15, 0.2) is 139 Å². The van der Waals surface area contributed by atoms with Crippen molar-refractivity contribution in [2.75, 3.05) is 0 Å². The highest BCUT2D eigenvalue weighted by Gasteiger charge is 2.44. The van der Waals surface area contributed by atoms with Crippen LogP contribution >= 0.6 is 0 Å². The van der Waals surface area contributed by atoms with Crippen molar-refractivity contribution in [3.63, 3.8) is 0 Å². The van der Waals surface area contributed by atoms with Gasteiger partial charge in [0.1, 0.15) is 0 Å². The molecule has 7 aromatic rings. The molecule has 3 aliphatic rings. The predicted octanol–water partition coefficient (Wildman–Crippen LogP) is 12.1. The molecule has 0 radical (unpaired) electrons. The summed E-state index contributed by atoms with van der Waals surface area (Å²) in [4.78, 5) is 14.7. The Morgan fingerprint density at radius 2 is 1.04 bits per heavy atom. The Morgan fingerprint density at radius 3 is 1.69 bits per heavy atom. The smallest absolute Gasteiger partial charge is 0.164 e. The quantitative estimate of drug-likeness (QED) is 0.187. The third-order valence-electron chi connectivity index (χ3n) is 10.6. The molecular weight excluding hydrogens is 619 g/mol. The Hall–Kier alpha value is -5.67. The van der Waals surface area contributed by atoms with E-state index in [0.717, 1.165) is 38.9 Å². The van der Waals surface area contributed by atoms with Crippen LogP contribution < -0.4 is 0 Å². The van der Waals surface area contributed by atoms with E-state index in [1.807, 2.05) is 84.9 Å². The van der Waals surface area contributed by atoms with Crippen molar-refractivity contribution in [1.29, 1.82) is 0 Å². The summed E-state index contributed by atoms with van der Waals surface area (Å²) in [5.74, 6) is 1.59. The molecule has 3 heteroatoms. The Kier molecular flexibility index (Phi) is 4.68. The number of hydrogen-bond donors (Lipinski definition) is 0. The largest absolute Gasteiger partial charge is 0.208 e. The van der Waals surface area contributed by atoms with Gasteiger partial charge in [-0.3, -0.25) is 0 Å². The summed E-state index contributed by atoms with van der Waals surface area (Å²) in [6, 6.07) is 27.6. The Labute approximate surface area is 315 Å². The summed E-state index contributed by atoms with van der Waals surface area (Å²) in [5.41, 5.74) is 2.90. The van der Waals surface area contributed by atoms with E-state index in [2.05, 4.69) is 19.9 Å². The Bertz CT molecular complexity index is 2980. The second kappa shape index (κ2) is 11.4. The molecule has 0 saturated heterocycles. The van der Waals surface area contributed by atoms with Gasteiger partial charge in [-0.2, -0.15) is 0 Å². The van der Waals surface area contributed by atoms with Gasteiger partial charge in [-0.05, 0) is 86.6 Å². The number of aromatic nitrogens is 3. The Morgan fingerprint density at radius 1 is 0.490 bits per heavy atom. The first kappa shape index (κ1) is 20.9. The molecule has 0 aliphatic heterocycles. The lowest BCUT2D eigenvalue weighted by atomic mass is 9.67. The first-order valence-electron chi connectivity index (χ1n) is 22.8. The normalized spacial score (nSPS) is 21.0. The van der Waals surface area contributed by atoms with E-state index in [-0.39, 0.29) is 59.2 Å². The van der Waals surface area contributed by atoms with Crippen molar-refractivity contribution in [3.8, 4) is 67.5 Å². The van der Waals surface area contributed by atoms with Gasteiger partial charge in [-0.25, -0.2) is 15.0 Å². The summed E-state index contributed by atoms with van der Waals surface area (Å²) in [6.45, 7) is 4.18. The van der Waals surface area contributed by atoms with E-state index in [1.54, 1.807) is 6.07 Å². The maximum atomic E-state index is 9.88. The molecule has 1 spiro atoms. The van der Waals surface area contributed by atoms with E-state index in [9.17, 15) is 9.60 Å². The summed E-state index contributed by atoms with van der Waals surface area (Å²) < 4.78 is 102. The van der Waals surface area contributed by atoms with Crippen LogP contribution in [-0.4, -0.2) is 15.0 Å². The molecule has 1 heterocycles. The van der Waals surface area contributed by atoms with E-state index >= 15 is 0 Å². The van der Waals surface area contributed by atoms with Crippen molar-refractivity contribution in [3.05, 3.63) is 162 Å². The number of nitrogens with zero attached hydrogens (tertiary/aromatic N) is 3. The van der Waals surface area contributed by atoms with Crippen LogP contribution in [-0.2, 0) is 10.8 Å². The zero-order valence-corrected chi connectivity index (χ0v) is 28.2. The van der Waals surface area contributed by atoms with Crippen molar-refractivity contribution in [2.45, 2.75) is 56.7 Å². The minimum absolute atomic E-state index is 0.00988. The minimum atomic E-state index is -2.42. The van der Waals surface area contributed by atoms with E-state index in [1.165, 1.54) is 0 Å². The third-order valence-corrected chi connectivity index (χ3v) is 10.6. The van der Waals surface area contributed by atoms with Crippen molar-refractivity contribution < 1.29 is 15.1 Å². The van der Waals surface area contributed by atoms with Gasteiger partial charge in [0.05, 0.1) is 9.60 Å². The molecule has 0 unspecified atom stereocenters. The van der Waals surface area contributed by atoms with Gasteiger partial charge in [-0.15, -0.1) is 0 Å². The van der Waals surface area contributed by atoms with Crippen molar-refractivity contribution in [1.82, 2.24) is 15.0 Å². The highest BCUT2D eigenvalue weighted by Crippen LogP contribution is 2.57.